The van der Waals surface area contributed by atoms with Crippen LogP contribution < -0.4 is 5.32 Å². The van der Waals surface area contributed by atoms with Gasteiger partial charge in [-0.25, -0.2) is 4.79 Å². The van der Waals surface area contributed by atoms with Crippen LogP contribution >= 0.6 is 0 Å². The van der Waals surface area contributed by atoms with E-state index in [0.717, 1.165) is 12.0 Å². The second-order valence-electron chi connectivity index (χ2n) is 6.43. The molecule has 0 bridgehead atoms. The molecule has 0 spiro atoms. The lowest BCUT2D eigenvalue weighted by atomic mass is 10.0. The van der Waals surface area contributed by atoms with Crippen LogP contribution in [-0.2, 0) is 22.6 Å². The molecule has 0 fully saturated rings. The fourth-order valence-electron chi connectivity index (χ4n) is 2.43. The highest BCUT2D eigenvalue weighted by Gasteiger charge is 2.10. The van der Waals surface area contributed by atoms with E-state index in [9.17, 15) is 9.59 Å². The number of amides is 1. The van der Waals surface area contributed by atoms with Gasteiger partial charge in [-0.2, -0.15) is 0 Å². The van der Waals surface area contributed by atoms with E-state index in [1.54, 1.807) is 24.3 Å². The van der Waals surface area contributed by atoms with Crippen LogP contribution in [0.4, 0.5) is 0 Å². The first-order valence-electron chi connectivity index (χ1n) is 8.72. The van der Waals surface area contributed by atoms with Crippen LogP contribution in [0, 0.1) is 0 Å². The Hall–Kier alpha value is -2.66. The van der Waals surface area contributed by atoms with Crippen LogP contribution in [0.25, 0.3) is 0 Å². The topological polar surface area (TPSA) is 75.6 Å². The summed E-state index contributed by atoms with van der Waals surface area (Å²) >= 11 is 0. The van der Waals surface area contributed by atoms with E-state index in [0.29, 0.717) is 23.6 Å². The molecule has 0 atom stereocenters. The lowest BCUT2D eigenvalue weighted by molar-refractivity contribution is -0.124. The van der Waals surface area contributed by atoms with Crippen LogP contribution in [0.3, 0.4) is 0 Å². The fraction of sp³-hybridized carbons (Fsp3) is 0.333. The Bertz CT molecular complexity index is 721. The van der Waals surface area contributed by atoms with E-state index in [2.05, 4.69) is 43.4 Å². The second-order valence-corrected chi connectivity index (χ2v) is 6.43. The van der Waals surface area contributed by atoms with Crippen LogP contribution in [0.2, 0.25) is 0 Å². The maximum Gasteiger partial charge on any atom is 0.338 e. The maximum absolute atomic E-state index is 11.9. The lowest BCUT2D eigenvalue weighted by Gasteiger charge is -2.09. The fourth-order valence-corrected chi connectivity index (χ4v) is 2.43. The number of hydrogen-bond acceptors (Lipinski definition) is 4. The number of benzene rings is 2. The summed E-state index contributed by atoms with van der Waals surface area (Å²) in [6.07, 6.45) is 0.723. The van der Waals surface area contributed by atoms with Crippen LogP contribution in [0.1, 0.15) is 46.8 Å². The van der Waals surface area contributed by atoms with Gasteiger partial charge in [-0.1, -0.05) is 50.2 Å². The first-order chi connectivity index (χ1) is 12.5. The van der Waals surface area contributed by atoms with Crippen molar-refractivity contribution in [3.8, 4) is 0 Å². The zero-order valence-corrected chi connectivity index (χ0v) is 15.2. The summed E-state index contributed by atoms with van der Waals surface area (Å²) in [5, 5.41) is 11.7. The molecule has 0 saturated heterocycles. The van der Waals surface area contributed by atoms with Crippen molar-refractivity contribution in [2.75, 3.05) is 13.2 Å². The molecule has 0 aliphatic carbocycles. The van der Waals surface area contributed by atoms with Gasteiger partial charge in [0.25, 0.3) is 5.91 Å². The summed E-state index contributed by atoms with van der Waals surface area (Å²) in [7, 11) is 0. The minimum Gasteiger partial charge on any atom is -0.452 e. The predicted octanol–water partition coefficient (Wildman–Crippen LogP) is 2.82. The molecule has 0 radical (unpaired) electrons. The number of nitrogens with one attached hydrogen (secondary N) is 1. The van der Waals surface area contributed by atoms with Crippen LogP contribution in [-0.4, -0.2) is 30.1 Å². The van der Waals surface area contributed by atoms with E-state index in [4.69, 9.17) is 9.84 Å². The Morgan fingerprint density at radius 3 is 2.19 bits per heavy atom. The molecule has 2 aromatic carbocycles. The van der Waals surface area contributed by atoms with Gasteiger partial charge >= 0.3 is 5.97 Å². The molecule has 0 saturated carbocycles. The monoisotopic (exact) mass is 355 g/mol. The van der Waals surface area contributed by atoms with Gasteiger partial charge in [0.2, 0.25) is 0 Å². The van der Waals surface area contributed by atoms with Crippen molar-refractivity contribution in [1.29, 1.82) is 0 Å². The number of aliphatic hydroxyl groups is 1. The minimum atomic E-state index is -0.561. The number of carbonyl (C=O) groups excluding carboxylic acids is 2. The van der Waals surface area contributed by atoms with Crippen LogP contribution in [0.15, 0.2) is 48.5 Å². The van der Waals surface area contributed by atoms with Gasteiger partial charge in [-0.15, -0.1) is 0 Å². The van der Waals surface area contributed by atoms with Gasteiger partial charge in [-0.05, 0) is 41.2 Å². The standard InChI is InChI=1S/C21H25NO4/c1-15(2)18-7-3-16(4-8-18)11-12-22-20(24)14-26-21(25)19-9-5-17(13-23)6-10-19/h3-10,15,23H,11-14H2,1-2H3,(H,22,24). The largest absolute Gasteiger partial charge is 0.452 e. The third kappa shape index (κ3) is 6.01. The number of ether oxygens (including phenoxy) is 1. The normalized spacial score (nSPS) is 10.6. The van der Waals surface area contributed by atoms with Gasteiger partial charge in [0, 0.05) is 6.54 Å². The van der Waals surface area contributed by atoms with E-state index >= 15 is 0 Å². The molecule has 1 amide bonds. The average Bonchev–Trinajstić information content (AvgIpc) is 2.66. The van der Waals surface area contributed by atoms with Gasteiger partial charge < -0.3 is 15.2 Å². The number of carbonyl (C=O) groups is 2. The smallest absolute Gasteiger partial charge is 0.338 e. The molecule has 0 aromatic heterocycles. The Labute approximate surface area is 154 Å². The van der Waals surface area contributed by atoms with E-state index in [1.165, 1.54) is 5.56 Å². The SMILES string of the molecule is CC(C)c1ccc(CCNC(=O)COC(=O)c2ccc(CO)cc2)cc1. The number of esters is 1. The van der Waals surface area contributed by atoms with E-state index in [1.807, 2.05) is 0 Å². The molecule has 5 nitrogen and oxygen atoms in total. The summed E-state index contributed by atoms with van der Waals surface area (Å²) in [5.74, 6) is -0.392. The summed E-state index contributed by atoms with van der Waals surface area (Å²) in [6.45, 7) is 4.39. The van der Waals surface area contributed by atoms with E-state index < -0.39 is 5.97 Å². The summed E-state index contributed by atoms with van der Waals surface area (Å²) in [5.41, 5.74) is 3.49. The second kappa shape index (κ2) is 9.73. The molecule has 0 unspecified atom stereocenters. The van der Waals surface area contributed by atoms with Crippen molar-refractivity contribution < 1.29 is 19.4 Å². The molecular weight excluding hydrogens is 330 g/mol. The summed E-state index contributed by atoms with van der Waals surface area (Å²) in [6, 6.07) is 14.7. The molecule has 0 aliphatic rings. The van der Waals surface area contributed by atoms with Crippen molar-refractivity contribution in [2.24, 2.45) is 0 Å². The molecular formula is C21H25NO4. The Morgan fingerprint density at radius 1 is 1.00 bits per heavy atom. The van der Waals surface area contributed by atoms with Crippen molar-refractivity contribution in [3.05, 3.63) is 70.8 Å². The highest BCUT2D eigenvalue weighted by atomic mass is 16.5. The first kappa shape index (κ1) is 19.7. The Balaban J connectivity index is 1.70. The molecule has 0 heterocycles. The summed E-state index contributed by atoms with van der Waals surface area (Å²) in [4.78, 5) is 23.7. The molecule has 2 rings (SSSR count). The molecule has 0 aliphatic heterocycles. The third-order valence-electron chi connectivity index (χ3n) is 4.09. The quantitative estimate of drug-likeness (QED) is 0.714. The number of aliphatic hydroxyl groups excluding tert-OH is 1. The zero-order valence-electron chi connectivity index (χ0n) is 15.2. The van der Waals surface area contributed by atoms with Crippen LogP contribution in [0.5, 0.6) is 0 Å². The van der Waals surface area contributed by atoms with Gasteiger partial charge in [-0.3, -0.25) is 4.79 Å². The van der Waals surface area contributed by atoms with Crippen molar-refractivity contribution in [2.45, 2.75) is 32.8 Å². The number of rotatable bonds is 8. The van der Waals surface area contributed by atoms with Crippen molar-refractivity contribution in [1.82, 2.24) is 5.32 Å². The molecule has 138 valence electrons. The van der Waals surface area contributed by atoms with Gasteiger partial charge in [0.15, 0.2) is 6.61 Å². The minimum absolute atomic E-state index is 0.0854. The lowest BCUT2D eigenvalue weighted by Crippen LogP contribution is -2.30. The van der Waals surface area contributed by atoms with Gasteiger partial charge in [0.1, 0.15) is 0 Å². The maximum atomic E-state index is 11.9. The Morgan fingerprint density at radius 2 is 1.62 bits per heavy atom. The predicted molar refractivity (Wildman–Crippen MR) is 99.9 cm³/mol. The molecule has 2 aromatic rings. The van der Waals surface area contributed by atoms with E-state index in [-0.39, 0.29) is 19.1 Å². The molecule has 5 heteroatoms. The molecule has 2 N–H and O–H groups in total. The zero-order chi connectivity index (χ0) is 18.9. The third-order valence-corrected chi connectivity index (χ3v) is 4.09. The number of hydrogen-bond donors (Lipinski definition) is 2. The Kier molecular flexibility index (Phi) is 7.36. The first-order valence-corrected chi connectivity index (χ1v) is 8.72. The van der Waals surface area contributed by atoms with Crippen molar-refractivity contribution in [3.63, 3.8) is 0 Å². The summed E-state index contributed by atoms with van der Waals surface area (Å²) < 4.78 is 4.99. The highest BCUT2D eigenvalue weighted by Crippen LogP contribution is 2.14. The average molecular weight is 355 g/mol. The molecule has 26 heavy (non-hydrogen) atoms. The van der Waals surface area contributed by atoms with Crippen molar-refractivity contribution >= 4 is 11.9 Å². The van der Waals surface area contributed by atoms with Gasteiger partial charge in [0.05, 0.1) is 12.2 Å². The highest BCUT2D eigenvalue weighted by molar-refractivity contribution is 5.91.